The summed E-state index contributed by atoms with van der Waals surface area (Å²) < 4.78 is 0. The Morgan fingerprint density at radius 2 is 0.629 bits per heavy atom. The predicted octanol–water partition coefficient (Wildman–Crippen LogP) is -3.30. The molecule has 0 aromatic carbocycles. The maximum Gasteiger partial charge on any atom is 0.326 e. The minimum Gasteiger partial charge on any atom is -0.481 e. The van der Waals surface area contributed by atoms with E-state index in [0.29, 0.717) is 110 Å². The first-order valence-electron chi connectivity index (χ1n) is 24.8. The van der Waals surface area contributed by atoms with E-state index in [4.69, 9.17) is 40.1 Å². The monoisotopic (exact) mass is 1000 g/mol. The fourth-order valence-corrected chi connectivity index (χ4v) is 7.24. The summed E-state index contributed by atoms with van der Waals surface area (Å²) in [5.41, 5.74) is 39.9. The number of aliphatic carboxylic acids is 2. The van der Waals surface area contributed by atoms with Crippen molar-refractivity contribution in [1.29, 1.82) is 0 Å². The normalized spacial score (nSPS) is 14.7. The van der Waals surface area contributed by atoms with E-state index >= 15 is 0 Å². The maximum absolute atomic E-state index is 14.0. The van der Waals surface area contributed by atoms with Crippen molar-refractivity contribution in [3.63, 3.8) is 0 Å². The van der Waals surface area contributed by atoms with E-state index < -0.39 is 114 Å². The average Bonchev–Trinajstić information content (AvgIpc) is 3.30. The van der Waals surface area contributed by atoms with Crippen LogP contribution < -0.4 is 77.4 Å². The maximum atomic E-state index is 14.0. The predicted molar refractivity (Wildman–Crippen MR) is 264 cm³/mol. The largest absolute Gasteiger partial charge is 0.481 e. The summed E-state index contributed by atoms with van der Waals surface area (Å²) in [5, 5.41) is 37.6. The van der Waals surface area contributed by atoms with Gasteiger partial charge >= 0.3 is 11.9 Å². The number of unbranched alkanes of at least 4 members (excludes halogenated alkanes) is 6. The van der Waals surface area contributed by atoms with Gasteiger partial charge in [0, 0.05) is 0 Å². The Bertz CT molecular complexity index is 1590. The Hall–Kier alpha value is -5.05. The molecule has 8 atom stereocenters. The van der Waals surface area contributed by atoms with Crippen LogP contribution >= 0.6 is 0 Å². The molecule has 23 N–H and O–H groups in total. The lowest BCUT2D eigenvalue weighted by atomic mass is 10.00. The third kappa shape index (κ3) is 28.0. The van der Waals surface area contributed by atoms with Crippen LogP contribution in [0.3, 0.4) is 0 Å². The van der Waals surface area contributed by atoms with Crippen LogP contribution in [0.1, 0.15) is 136 Å². The highest BCUT2D eigenvalue weighted by molar-refractivity contribution is 5.98. The Balaban J connectivity index is 6.57. The molecule has 0 saturated carbocycles. The van der Waals surface area contributed by atoms with E-state index in [1.165, 1.54) is 0 Å². The van der Waals surface area contributed by atoms with Crippen LogP contribution in [-0.4, -0.2) is 151 Å². The number of amides is 7. The second-order valence-corrected chi connectivity index (χ2v) is 17.8. The minimum atomic E-state index is -1.77. The van der Waals surface area contributed by atoms with E-state index in [1.807, 2.05) is 0 Å². The SMILES string of the molecule is CC(C)[C@H](NC(=O)[C@H](CCCCN)NC(=O)[C@H](CC(=O)O)NC(=O)[C@H](CCCCN)NC(=O)[C@H](CCCCN)NC(=O)[C@@H](N)CCCCN)C(=O)N[C@@H](CCCCN)C(=O)N[C@@H](CCCCN)C(=O)O. The molecular formula is C45H88N14O11. The molecule has 0 radical (unpaired) electrons. The Kier molecular flexibility index (Phi) is 35.9. The zero-order chi connectivity index (χ0) is 53.0. The number of carboxylic acid groups (broad SMARTS) is 2. The average molecular weight is 1000 g/mol. The Morgan fingerprint density at radius 3 is 0.957 bits per heavy atom. The highest BCUT2D eigenvalue weighted by Gasteiger charge is 2.35. The van der Waals surface area contributed by atoms with E-state index in [9.17, 15) is 53.4 Å². The second-order valence-electron chi connectivity index (χ2n) is 17.8. The summed E-state index contributed by atoms with van der Waals surface area (Å²) in [7, 11) is 0. The van der Waals surface area contributed by atoms with Crippen LogP contribution in [0.25, 0.3) is 0 Å². The number of carbonyl (C=O) groups excluding carboxylic acids is 7. The summed E-state index contributed by atoms with van der Waals surface area (Å²) in [4.78, 5) is 120. The van der Waals surface area contributed by atoms with Crippen LogP contribution in [-0.2, 0) is 43.2 Å². The molecule has 25 nitrogen and oxygen atoms in total. The lowest BCUT2D eigenvalue weighted by molar-refractivity contribution is -0.143. The summed E-state index contributed by atoms with van der Waals surface area (Å²) in [6, 6.07) is -10.2. The minimum absolute atomic E-state index is 0.0193. The molecule has 0 aliphatic carbocycles. The lowest BCUT2D eigenvalue weighted by Crippen LogP contribution is -2.61. The molecule has 0 aliphatic rings. The molecule has 0 aromatic rings. The van der Waals surface area contributed by atoms with Crippen molar-refractivity contribution in [3.8, 4) is 0 Å². The van der Waals surface area contributed by atoms with Crippen molar-refractivity contribution in [2.24, 2.45) is 46.1 Å². The summed E-state index contributed by atoms with van der Waals surface area (Å²) >= 11 is 0. The first kappa shape index (κ1) is 65.0. The van der Waals surface area contributed by atoms with Crippen LogP contribution in [0.2, 0.25) is 0 Å². The zero-order valence-corrected chi connectivity index (χ0v) is 41.5. The molecule has 0 spiro atoms. The molecule has 0 rings (SSSR count). The van der Waals surface area contributed by atoms with Gasteiger partial charge in [0.05, 0.1) is 12.5 Å². The second kappa shape index (κ2) is 38.7. The number of rotatable bonds is 42. The molecule has 0 fully saturated rings. The molecule has 0 heterocycles. The molecular weight excluding hydrogens is 913 g/mol. The van der Waals surface area contributed by atoms with Gasteiger partial charge in [-0.05, 0) is 154 Å². The van der Waals surface area contributed by atoms with Crippen molar-refractivity contribution in [2.75, 3.05) is 39.3 Å². The van der Waals surface area contributed by atoms with Crippen LogP contribution in [0.4, 0.5) is 0 Å². The van der Waals surface area contributed by atoms with Gasteiger partial charge in [-0.1, -0.05) is 20.3 Å². The van der Waals surface area contributed by atoms with Crippen molar-refractivity contribution in [3.05, 3.63) is 0 Å². The molecule has 7 amide bonds. The summed E-state index contributed by atoms with van der Waals surface area (Å²) in [5.74, 6) is -8.98. The van der Waals surface area contributed by atoms with Crippen molar-refractivity contribution in [1.82, 2.24) is 37.2 Å². The first-order valence-corrected chi connectivity index (χ1v) is 24.8. The third-order valence-corrected chi connectivity index (χ3v) is 11.4. The van der Waals surface area contributed by atoms with Gasteiger partial charge in [0.1, 0.15) is 42.3 Å². The van der Waals surface area contributed by atoms with Gasteiger partial charge in [-0.15, -0.1) is 0 Å². The van der Waals surface area contributed by atoms with Crippen molar-refractivity contribution >= 4 is 53.3 Å². The quantitative estimate of drug-likeness (QED) is 0.0266. The molecule has 0 unspecified atom stereocenters. The summed E-state index contributed by atoms with van der Waals surface area (Å²) in [6.07, 6.45) is 5.38. The van der Waals surface area contributed by atoms with Gasteiger partial charge in [0.25, 0.3) is 0 Å². The molecule has 25 heteroatoms. The van der Waals surface area contributed by atoms with Crippen molar-refractivity contribution < 1.29 is 53.4 Å². The smallest absolute Gasteiger partial charge is 0.326 e. The van der Waals surface area contributed by atoms with Gasteiger partial charge < -0.3 is 87.6 Å². The Labute approximate surface area is 412 Å². The van der Waals surface area contributed by atoms with Gasteiger partial charge in [-0.2, -0.15) is 0 Å². The number of nitrogens with two attached hydrogens (primary N) is 7. The fourth-order valence-electron chi connectivity index (χ4n) is 7.24. The highest BCUT2D eigenvalue weighted by Crippen LogP contribution is 2.12. The topological polar surface area (TPSA) is 460 Å². The van der Waals surface area contributed by atoms with Gasteiger partial charge in [-0.3, -0.25) is 38.4 Å². The van der Waals surface area contributed by atoms with Gasteiger partial charge in [-0.25, -0.2) is 4.79 Å². The van der Waals surface area contributed by atoms with Crippen LogP contribution in [0, 0.1) is 5.92 Å². The lowest BCUT2D eigenvalue weighted by Gasteiger charge is -2.29. The van der Waals surface area contributed by atoms with Gasteiger partial charge in [0.2, 0.25) is 41.4 Å². The molecule has 404 valence electrons. The zero-order valence-electron chi connectivity index (χ0n) is 41.5. The van der Waals surface area contributed by atoms with Crippen LogP contribution in [0.15, 0.2) is 0 Å². The fraction of sp³-hybridized carbons (Fsp3) is 0.800. The van der Waals surface area contributed by atoms with E-state index in [2.05, 4.69) is 37.2 Å². The summed E-state index contributed by atoms with van der Waals surface area (Å²) in [6.45, 7) is 5.13. The number of hydrogen-bond acceptors (Lipinski definition) is 16. The highest BCUT2D eigenvalue weighted by atomic mass is 16.4. The third-order valence-electron chi connectivity index (χ3n) is 11.4. The van der Waals surface area contributed by atoms with E-state index in [-0.39, 0.29) is 45.2 Å². The van der Waals surface area contributed by atoms with E-state index in [0.717, 1.165) is 0 Å². The molecule has 0 aliphatic heterocycles. The number of carboxylic acids is 2. The van der Waals surface area contributed by atoms with Gasteiger partial charge in [0.15, 0.2) is 0 Å². The molecule has 0 aromatic heterocycles. The number of nitrogens with one attached hydrogen (secondary N) is 7. The molecule has 0 bridgehead atoms. The van der Waals surface area contributed by atoms with E-state index in [1.54, 1.807) is 13.8 Å². The number of hydrogen-bond donors (Lipinski definition) is 16. The first-order chi connectivity index (χ1) is 33.3. The Morgan fingerprint density at radius 1 is 0.357 bits per heavy atom. The molecule has 0 saturated heterocycles. The molecule has 70 heavy (non-hydrogen) atoms. The van der Waals surface area contributed by atoms with Crippen molar-refractivity contribution in [2.45, 2.75) is 184 Å². The standard InChI is InChI=1S/C45H88N14O11/c1-28(2)37(44(68)56-32(18-6-12-24-49)40(64)57-34(45(69)70)20-8-14-26-51)59-42(66)33(19-7-13-25-50)55-43(67)35(27-36(60)61)58-41(65)31(17-5-11-23-48)54-39(63)30(16-4-10-22-47)53-38(62)29(52)15-3-9-21-46/h28-35,37H,3-27,46-52H2,1-2H3,(H,53,62)(H,54,63)(H,55,67)(H,56,68)(H,57,64)(H,58,65)(H,59,66)(H,60,61)(H,69,70)/t29-,30-,31-,32-,33-,34-,35-,37-/m0/s1. The number of carbonyl (C=O) groups is 9. The van der Waals surface area contributed by atoms with Crippen LogP contribution in [0.5, 0.6) is 0 Å².